The van der Waals surface area contributed by atoms with E-state index in [2.05, 4.69) is 17.0 Å². The second kappa shape index (κ2) is 7.57. The SMILES string of the molecule is CCCN(CCC)S(=O)(=O)NCC1(C)CCCNC1. The topological polar surface area (TPSA) is 61.4 Å². The van der Waals surface area contributed by atoms with Crippen molar-refractivity contribution in [3.05, 3.63) is 0 Å². The third-order valence-corrected chi connectivity index (χ3v) is 5.21. The van der Waals surface area contributed by atoms with Crippen molar-refractivity contribution in [2.24, 2.45) is 5.41 Å². The molecule has 0 aromatic carbocycles. The largest absolute Gasteiger partial charge is 0.316 e. The van der Waals surface area contributed by atoms with Crippen molar-refractivity contribution in [3.63, 3.8) is 0 Å². The summed E-state index contributed by atoms with van der Waals surface area (Å²) in [4.78, 5) is 0. The van der Waals surface area contributed by atoms with Gasteiger partial charge >= 0.3 is 0 Å². The molecular formula is C13H29N3O2S. The Labute approximate surface area is 118 Å². The Bertz CT molecular complexity index is 345. The van der Waals surface area contributed by atoms with Crippen molar-refractivity contribution < 1.29 is 8.42 Å². The quantitative estimate of drug-likeness (QED) is 0.709. The first-order valence-corrected chi connectivity index (χ1v) is 8.83. The summed E-state index contributed by atoms with van der Waals surface area (Å²) in [5.41, 5.74) is 0.0371. The molecule has 0 aliphatic carbocycles. The Morgan fingerprint density at radius 2 is 1.89 bits per heavy atom. The van der Waals surface area contributed by atoms with Crippen molar-refractivity contribution >= 4 is 10.2 Å². The Balaban J connectivity index is 2.57. The zero-order valence-corrected chi connectivity index (χ0v) is 13.4. The van der Waals surface area contributed by atoms with Crippen LogP contribution < -0.4 is 10.0 Å². The average Bonchev–Trinajstić information content (AvgIpc) is 2.37. The molecule has 1 fully saturated rings. The summed E-state index contributed by atoms with van der Waals surface area (Å²) in [6, 6.07) is 0. The Hall–Kier alpha value is -0.170. The second-order valence-electron chi connectivity index (χ2n) is 5.82. The molecule has 2 N–H and O–H groups in total. The number of hydrogen-bond acceptors (Lipinski definition) is 3. The van der Waals surface area contributed by atoms with E-state index in [9.17, 15) is 8.42 Å². The van der Waals surface area contributed by atoms with Gasteiger partial charge in [-0.15, -0.1) is 0 Å². The fraction of sp³-hybridized carbons (Fsp3) is 1.00. The lowest BCUT2D eigenvalue weighted by molar-refractivity contribution is 0.236. The molecule has 1 aliphatic rings. The number of nitrogens with zero attached hydrogens (tertiary/aromatic N) is 1. The minimum atomic E-state index is -3.33. The van der Waals surface area contributed by atoms with Crippen molar-refractivity contribution in [1.82, 2.24) is 14.3 Å². The molecule has 0 aromatic rings. The van der Waals surface area contributed by atoms with E-state index in [1.54, 1.807) is 4.31 Å². The summed E-state index contributed by atoms with van der Waals surface area (Å²) in [6.07, 6.45) is 3.88. The molecule has 1 rings (SSSR count). The van der Waals surface area contributed by atoms with E-state index in [0.717, 1.165) is 38.8 Å². The van der Waals surface area contributed by atoms with Crippen molar-refractivity contribution in [2.75, 3.05) is 32.7 Å². The number of piperidine rings is 1. The molecule has 1 heterocycles. The van der Waals surface area contributed by atoms with Gasteiger partial charge in [0.2, 0.25) is 0 Å². The molecule has 114 valence electrons. The van der Waals surface area contributed by atoms with Gasteiger partial charge in [-0.1, -0.05) is 20.8 Å². The van der Waals surface area contributed by atoms with E-state index in [1.165, 1.54) is 0 Å². The van der Waals surface area contributed by atoms with Gasteiger partial charge in [-0.05, 0) is 37.6 Å². The predicted molar refractivity (Wildman–Crippen MR) is 79.3 cm³/mol. The lowest BCUT2D eigenvalue weighted by atomic mass is 9.83. The second-order valence-corrected chi connectivity index (χ2v) is 7.57. The number of rotatable bonds is 8. The summed E-state index contributed by atoms with van der Waals surface area (Å²) < 4.78 is 28.9. The van der Waals surface area contributed by atoms with Crippen molar-refractivity contribution in [1.29, 1.82) is 0 Å². The Morgan fingerprint density at radius 1 is 1.26 bits per heavy atom. The molecule has 0 spiro atoms. The fourth-order valence-electron chi connectivity index (χ4n) is 2.48. The third kappa shape index (κ3) is 5.38. The van der Waals surface area contributed by atoms with Gasteiger partial charge < -0.3 is 5.32 Å². The van der Waals surface area contributed by atoms with Crippen LogP contribution in [0.4, 0.5) is 0 Å². The summed E-state index contributed by atoms with van der Waals surface area (Å²) in [7, 11) is -3.33. The van der Waals surface area contributed by atoms with E-state index < -0.39 is 10.2 Å². The summed E-state index contributed by atoms with van der Waals surface area (Å²) >= 11 is 0. The molecule has 0 saturated carbocycles. The van der Waals surface area contributed by atoms with Crippen LogP contribution in [0.15, 0.2) is 0 Å². The molecule has 0 radical (unpaired) electrons. The van der Waals surface area contributed by atoms with Crippen LogP contribution in [0.25, 0.3) is 0 Å². The summed E-state index contributed by atoms with van der Waals surface area (Å²) in [5, 5.41) is 3.34. The van der Waals surface area contributed by atoms with Crippen LogP contribution in [0.2, 0.25) is 0 Å². The van der Waals surface area contributed by atoms with Crippen LogP contribution >= 0.6 is 0 Å². The summed E-state index contributed by atoms with van der Waals surface area (Å²) in [6.45, 7) is 9.79. The highest BCUT2D eigenvalue weighted by atomic mass is 32.2. The lowest BCUT2D eigenvalue weighted by Crippen LogP contribution is -2.49. The van der Waals surface area contributed by atoms with Crippen LogP contribution in [0.1, 0.15) is 46.5 Å². The van der Waals surface area contributed by atoms with Crippen LogP contribution in [-0.2, 0) is 10.2 Å². The minimum absolute atomic E-state index is 0.0371. The first-order valence-electron chi connectivity index (χ1n) is 7.39. The Morgan fingerprint density at radius 3 is 2.37 bits per heavy atom. The van der Waals surface area contributed by atoms with Gasteiger partial charge in [0.05, 0.1) is 0 Å². The molecule has 1 aliphatic heterocycles. The maximum atomic E-state index is 12.3. The zero-order valence-electron chi connectivity index (χ0n) is 12.5. The van der Waals surface area contributed by atoms with Gasteiger partial charge in [-0.25, -0.2) is 4.72 Å². The number of hydrogen-bond donors (Lipinski definition) is 2. The molecule has 6 heteroatoms. The highest BCUT2D eigenvalue weighted by Crippen LogP contribution is 2.24. The first-order chi connectivity index (χ1) is 8.93. The van der Waals surface area contributed by atoms with E-state index in [-0.39, 0.29) is 5.41 Å². The maximum Gasteiger partial charge on any atom is 0.279 e. The smallest absolute Gasteiger partial charge is 0.279 e. The zero-order chi connectivity index (χ0) is 14.4. The molecule has 1 atom stereocenters. The minimum Gasteiger partial charge on any atom is -0.316 e. The molecule has 0 amide bonds. The predicted octanol–water partition coefficient (Wildman–Crippen LogP) is 1.33. The van der Waals surface area contributed by atoms with Gasteiger partial charge in [0.1, 0.15) is 0 Å². The molecule has 5 nitrogen and oxygen atoms in total. The van der Waals surface area contributed by atoms with Crippen LogP contribution in [0, 0.1) is 5.41 Å². The van der Waals surface area contributed by atoms with Gasteiger partial charge in [0.25, 0.3) is 10.2 Å². The average molecular weight is 291 g/mol. The molecular weight excluding hydrogens is 262 g/mol. The van der Waals surface area contributed by atoms with Gasteiger partial charge in [-0.2, -0.15) is 12.7 Å². The summed E-state index contributed by atoms with van der Waals surface area (Å²) in [5.74, 6) is 0. The monoisotopic (exact) mass is 291 g/mol. The molecule has 1 saturated heterocycles. The van der Waals surface area contributed by atoms with Crippen LogP contribution in [0.5, 0.6) is 0 Å². The lowest BCUT2D eigenvalue weighted by Gasteiger charge is -2.35. The first kappa shape index (κ1) is 16.9. The molecule has 19 heavy (non-hydrogen) atoms. The van der Waals surface area contributed by atoms with Gasteiger partial charge in [-0.3, -0.25) is 0 Å². The normalized spacial score (nSPS) is 24.8. The van der Waals surface area contributed by atoms with Gasteiger partial charge in [0, 0.05) is 26.2 Å². The van der Waals surface area contributed by atoms with Crippen LogP contribution in [0.3, 0.4) is 0 Å². The third-order valence-electron chi connectivity index (χ3n) is 3.65. The Kier molecular flexibility index (Phi) is 6.73. The van der Waals surface area contributed by atoms with E-state index in [1.807, 2.05) is 13.8 Å². The molecule has 1 unspecified atom stereocenters. The fourth-order valence-corrected chi connectivity index (χ4v) is 4.04. The number of nitrogens with one attached hydrogen (secondary N) is 2. The van der Waals surface area contributed by atoms with Crippen molar-refractivity contribution in [2.45, 2.75) is 46.5 Å². The van der Waals surface area contributed by atoms with Crippen molar-refractivity contribution in [3.8, 4) is 0 Å². The van der Waals surface area contributed by atoms with E-state index in [0.29, 0.717) is 19.6 Å². The highest BCUT2D eigenvalue weighted by molar-refractivity contribution is 7.87. The standard InChI is InChI=1S/C13H29N3O2S/c1-4-9-16(10-5-2)19(17,18)15-12-13(3)7-6-8-14-11-13/h14-15H,4-12H2,1-3H3. The highest BCUT2D eigenvalue weighted by Gasteiger charge is 2.29. The van der Waals surface area contributed by atoms with E-state index in [4.69, 9.17) is 0 Å². The molecule has 0 bridgehead atoms. The van der Waals surface area contributed by atoms with Crippen LogP contribution in [-0.4, -0.2) is 45.4 Å². The molecule has 0 aromatic heterocycles. The van der Waals surface area contributed by atoms with Gasteiger partial charge in [0.15, 0.2) is 0 Å². The van der Waals surface area contributed by atoms with E-state index >= 15 is 0 Å². The maximum absolute atomic E-state index is 12.3.